The van der Waals surface area contributed by atoms with Crippen LogP contribution in [-0.2, 0) is 4.79 Å². The Balaban J connectivity index is 1.49. The molecule has 0 aromatic heterocycles. The molecule has 3 heteroatoms. The lowest BCUT2D eigenvalue weighted by Crippen LogP contribution is -2.51. The first-order chi connectivity index (χ1) is 9.19. The summed E-state index contributed by atoms with van der Waals surface area (Å²) in [7, 11) is 0. The summed E-state index contributed by atoms with van der Waals surface area (Å²) in [6.45, 7) is 5.66. The molecule has 4 rings (SSSR count). The molecule has 0 saturated heterocycles. The molecule has 0 spiro atoms. The molecular weight excluding hydrogens is 236 g/mol. The maximum atomic E-state index is 11.8. The lowest BCUT2D eigenvalue weighted by molar-refractivity contribution is -0.122. The van der Waals surface area contributed by atoms with Crippen LogP contribution in [0.15, 0.2) is 12.7 Å². The van der Waals surface area contributed by atoms with Crippen LogP contribution in [0.3, 0.4) is 0 Å². The zero-order valence-electron chi connectivity index (χ0n) is 11.8. The standard InChI is InChI=1S/C16H26N2O/c1-2-3-17-10-15(19)18-11-16-7-12-4-13(8-16)6-14(5-12)9-16/h2,12-14,17H,1,3-11H2,(H,18,19). The van der Waals surface area contributed by atoms with Gasteiger partial charge in [0.05, 0.1) is 6.54 Å². The van der Waals surface area contributed by atoms with Gasteiger partial charge >= 0.3 is 0 Å². The van der Waals surface area contributed by atoms with E-state index in [9.17, 15) is 4.79 Å². The summed E-state index contributed by atoms with van der Waals surface area (Å²) in [5, 5.41) is 6.23. The second kappa shape index (κ2) is 5.28. The molecule has 4 aliphatic rings. The van der Waals surface area contributed by atoms with E-state index < -0.39 is 0 Å². The maximum Gasteiger partial charge on any atom is 0.233 e. The Morgan fingerprint density at radius 2 is 1.74 bits per heavy atom. The first-order valence-electron chi connectivity index (χ1n) is 7.77. The fourth-order valence-corrected chi connectivity index (χ4v) is 5.14. The van der Waals surface area contributed by atoms with E-state index in [0.717, 1.165) is 24.3 Å². The SMILES string of the molecule is C=CCNCC(=O)NCC12CC3CC(CC(C3)C1)C2. The molecule has 4 fully saturated rings. The third-order valence-electron chi connectivity index (χ3n) is 5.40. The van der Waals surface area contributed by atoms with E-state index in [0.29, 0.717) is 18.5 Å². The Labute approximate surface area is 116 Å². The van der Waals surface area contributed by atoms with E-state index in [2.05, 4.69) is 17.2 Å². The highest BCUT2D eigenvalue weighted by atomic mass is 16.1. The topological polar surface area (TPSA) is 41.1 Å². The van der Waals surface area contributed by atoms with E-state index >= 15 is 0 Å². The molecule has 4 aliphatic carbocycles. The zero-order valence-corrected chi connectivity index (χ0v) is 11.8. The highest BCUT2D eigenvalue weighted by Crippen LogP contribution is 2.59. The number of nitrogens with one attached hydrogen (secondary N) is 2. The lowest BCUT2D eigenvalue weighted by Gasteiger charge is -2.56. The van der Waals surface area contributed by atoms with Gasteiger partial charge in [-0.2, -0.15) is 0 Å². The fourth-order valence-electron chi connectivity index (χ4n) is 5.14. The van der Waals surface area contributed by atoms with Crippen LogP contribution in [0.4, 0.5) is 0 Å². The van der Waals surface area contributed by atoms with Crippen LogP contribution in [0.1, 0.15) is 38.5 Å². The largest absolute Gasteiger partial charge is 0.354 e. The highest BCUT2D eigenvalue weighted by Gasteiger charge is 2.50. The van der Waals surface area contributed by atoms with Gasteiger partial charge in [0.15, 0.2) is 0 Å². The summed E-state index contributed by atoms with van der Waals surface area (Å²) in [6.07, 6.45) is 10.3. The van der Waals surface area contributed by atoms with E-state index in [1.54, 1.807) is 6.08 Å². The first kappa shape index (κ1) is 13.2. The zero-order chi connectivity index (χ0) is 13.3. The van der Waals surface area contributed by atoms with Crippen LogP contribution in [0.2, 0.25) is 0 Å². The van der Waals surface area contributed by atoms with Gasteiger partial charge in [0, 0.05) is 13.1 Å². The van der Waals surface area contributed by atoms with Crippen LogP contribution in [-0.4, -0.2) is 25.5 Å². The quantitative estimate of drug-likeness (QED) is 0.568. The van der Waals surface area contributed by atoms with E-state index in [1.807, 2.05) is 0 Å². The minimum atomic E-state index is 0.137. The average Bonchev–Trinajstić information content (AvgIpc) is 2.35. The van der Waals surface area contributed by atoms with Crippen molar-refractivity contribution in [1.82, 2.24) is 10.6 Å². The molecule has 0 unspecified atom stereocenters. The van der Waals surface area contributed by atoms with E-state index in [-0.39, 0.29) is 5.91 Å². The van der Waals surface area contributed by atoms with Gasteiger partial charge in [-0.25, -0.2) is 0 Å². The van der Waals surface area contributed by atoms with Gasteiger partial charge in [-0.3, -0.25) is 4.79 Å². The molecule has 4 saturated carbocycles. The number of hydrogen-bond donors (Lipinski definition) is 2. The Morgan fingerprint density at radius 1 is 1.16 bits per heavy atom. The average molecular weight is 262 g/mol. The summed E-state index contributed by atoms with van der Waals surface area (Å²) < 4.78 is 0. The Hall–Kier alpha value is -0.830. The van der Waals surface area contributed by atoms with Gasteiger partial charge < -0.3 is 10.6 Å². The van der Waals surface area contributed by atoms with Gasteiger partial charge in [-0.15, -0.1) is 6.58 Å². The summed E-state index contributed by atoms with van der Waals surface area (Å²) >= 11 is 0. The minimum Gasteiger partial charge on any atom is -0.354 e. The Morgan fingerprint density at radius 3 is 2.26 bits per heavy atom. The molecule has 2 N–H and O–H groups in total. The van der Waals surface area contributed by atoms with Crippen LogP contribution in [0.5, 0.6) is 0 Å². The summed E-state index contributed by atoms with van der Waals surface area (Å²) in [5.41, 5.74) is 0.447. The third-order valence-corrected chi connectivity index (χ3v) is 5.40. The number of carbonyl (C=O) groups is 1. The van der Waals surface area contributed by atoms with Crippen LogP contribution >= 0.6 is 0 Å². The second-order valence-electron chi connectivity index (χ2n) is 7.11. The first-order valence-corrected chi connectivity index (χ1v) is 7.77. The molecule has 4 bridgehead atoms. The highest BCUT2D eigenvalue weighted by molar-refractivity contribution is 5.78. The molecule has 3 nitrogen and oxygen atoms in total. The molecule has 0 aromatic rings. The van der Waals surface area contributed by atoms with Gasteiger partial charge in [0.1, 0.15) is 0 Å². The normalized spacial score (nSPS) is 39.3. The minimum absolute atomic E-state index is 0.137. The van der Waals surface area contributed by atoms with Gasteiger partial charge in [0.2, 0.25) is 5.91 Å². The monoisotopic (exact) mass is 262 g/mol. The lowest BCUT2D eigenvalue weighted by atomic mass is 9.49. The van der Waals surface area contributed by atoms with Gasteiger partial charge in [-0.05, 0) is 61.7 Å². The number of hydrogen-bond acceptors (Lipinski definition) is 2. The maximum absolute atomic E-state index is 11.8. The van der Waals surface area contributed by atoms with Crippen LogP contribution in [0, 0.1) is 23.2 Å². The Kier molecular flexibility index (Phi) is 3.66. The predicted molar refractivity (Wildman–Crippen MR) is 76.7 cm³/mol. The second-order valence-corrected chi connectivity index (χ2v) is 7.11. The number of amides is 1. The summed E-state index contributed by atoms with van der Waals surface area (Å²) in [5.74, 6) is 3.02. The molecule has 1 amide bonds. The van der Waals surface area contributed by atoms with Gasteiger partial charge in [-0.1, -0.05) is 6.08 Å². The van der Waals surface area contributed by atoms with Crippen molar-refractivity contribution < 1.29 is 4.79 Å². The van der Waals surface area contributed by atoms with E-state index in [4.69, 9.17) is 0 Å². The molecule has 19 heavy (non-hydrogen) atoms. The van der Waals surface area contributed by atoms with Crippen LogP contribution < -0.4 is 10.6 Å². The summed E-state index contributed by atoms with van der Waals surface area (Å²) in [6, 6.07) is 0. The predicted octanol–water partition coefficient (Wildman–Crippen LogP) is 2.09. The van der Waals surface area contributed by atoms with Crippen molar-refractivity contribution in [2.45, 2.75) is 38.5 Å². The summed E-state index contributed by atoms with van der Waals surface area (Å²) in [4.78, 5) is 11.8. The molecule has 106 valence electrons. The molecule has 0 aliphatic heterocycles. The Bertz CT molecular complexity index is 328. The van der Waals surface area contributed by atoms with Crippen molar-refractivity contribution in [3.8, 4) is 0 Å². The van der Waals surface area contributed by atoms with Crippen molar-refractivity contribution in [2.24, 2.45) is 23.2 Å². The number of rotatable bonds is 6. The van der Waals surface area contributed by atoms with Crippen LogP contribution in [0.25, 0.3) is 0 Å². The van der Waals surface area contributed by atoms with Crippen molar-refractivity contribution >= 4 is 5.91 Å². The molecular formula is C16H26N2O. The molecule has 0 radical (unpaired) electrons. The third kappa shape index (κ3) is 2.86. The van der Waals surface area contributed by atoms with E-state index in [1.165, 1.54) is 38.5 Å². The molecule has 0 heterocycles. The van der Waals surface area contributed by atoms with Crippen molar-refractivity contribution in [2.75, 3.05) is 19.6 Å². The number of carbonyl (C=O) groups excluding carboxylic acids is 1. The smallest absolute Gasteiger partial charge is 0.233 e. The molecule has 0 atom stereocenters. The van der Waals surface area contributed by atoms with Crippen molar-refractivity contribution in [3.05, 3.63) is 12.7 Å². The van der Waals surface area contributed by atoms with Crippen molar-refractivity contribution in [1.29, 1.82) is 0 Å². The van der Waals surface area contributed by atoms with Gasteiger partial charge in [0.25, 0.3) is 0 Å². The molecule has 0 aromatic carbocycles. The fraction of sp³-hybridized carbons (Fsp3) is 0.812. The van der Waals surface area contributed by atoms with Crippen molar-refractivity contribution in [3.63, 3.8) is 0 Å².